The van der Waals surface area contributed by atoms with Crippen molar-refractivity contribution in [2.45, 2.75) is 26.2 Å². The molecule has 1 aromatic carbocycles. The van der Waals surface area contributed by atoms with Gasteiger partial charge in [0.1, 0.15) is 0 Å². The third kappa shape index (κ3) is 4.79. The zero-order valence-electron chi connectivity index (χ0n) is 15.0. The summed E-state index contributed by atoms with van der Waals surface area (Å²) in [5.41, 5.74) is 1.79. The Balaban J connectivity index is 1.83. The Bertz CT molecular complexity index is 570. The highest BCUT2D eigenvalue weighted by atomic mass is 16.7. The van der Waals surface area contributed by atoms with E-state index in [0.29, 0.717) is 31.7 Å². The summed E-state index contributed by atoms with van der Waals surface area (Å²) < 4.78 is 0. The molecule has 6 heteroatoms. The molecule has 2 rings (SSSR count). The lowest BCUT2D eigenvalue weighted by Crippen LogP contribution is -2.50. The molecule has 6 nitrogen and oxygen atoms in total. The van der Waals surface area contributed by atoms with Gasteiger partial charge in [-0.2, -0.15) is 5.06 Å². The van der Waals surface area contributed by atoms with Gasteiger partial charge >= 0.3 is 0 Å². The molecule has 0 atom stereocenters. The van der Waals surface area contributed by atoms with E-state index in [-0.39, 0.29) is 23.8 Å². The molecule has 132 valence electrons. The van der Waals surface area contributed by atoms with Crippen molar-refractivity contribution in [2.75, 3.05) is 39.8 Å². The van der Waals surface area contributed by atoms with E-state index in [4.69, 9.17) is 4.84 Å². The van der Waals surface area contributed by atoms with E-state index in [1.54, 1.807) is 24.1 Å². The monoisotopic (exact) mass is 333 g/mol. The maximum Gasteiger partial charge on any atom is 0.251 e. The van der Waals surface area contributed by atoms with Crippen molar-refractivity contribution in [1.82, 2.24) is 15.3 Å². The first kappa shape index (κ1) is 18.4. The van der Waals surface area contributed by atoms with Crippen LogP contribution in [0.2, 0.25) is 0 Å². The van der Waals surface area contributed by atoms with Gasteiger partial charge in [0.25, 0.3) is 5.91 Å². The Labute approximate surface area is 143 Å². The molecule has 0 aliphatic carbocycles. The van der Waals surface area contributed by atoms with E-state index in [9.17, 15) is 9.59 Å². The lowest BCUT2D eigenvalue weighted by atomic mass is 9.87. The number of piperazine rings is 1. The van der Waals surface area contributed by atoms with Crippen LogP contribution in [0.1, 0.15) is 36.7 Å². The third-order valence-corrected chi connectivity index (χ3v) is 4.26. The van der Waals surface area contributed by atoms with Crippen LogP contribution in [0, 0.1) is 0 Å². The van der Waals surface area contributed by atoms with Gasteiger partial charge in [-0.3, -0.25) is 9.59 Å². The summed E-state index contributed by atoms with van der Waals surface area (Å²) in [6, 6.07) is 7.52. The fourth-order valence-corrected chi connectivity index (χ4v) is 2.61. The highest BCUT2D eigenvalue weighted by Gasteiger charge is 2.21. The Morgan fingerprint density at radius 1 is 1.08 bits per heavy atom. The first-order valence-electron chi connectivity index (χ1n) is 8.27. The fraction of sp³-hybridized carbons (Fsp3) is 0.556. The normalized spacial score (nSPS) is 16.1. The number of carbonyl (C=O) groups excluding carboxylic acids is 2. The number of benzene rings is 1. The highest BCUT2D eigenvalue weighted by Crippen LogP contribution is 2.22. The molecule has 0 bridgehead atoms. The number of hydrogen-bond donors (Lipinski definition) is 1. The zero-order chi connectivity index (χ0) is 17.7. The van der Waals surface area contributed by atoms with Crippen molar-refractivity contribution in [3.63, 3.8) is 0 Å². The third-order valence-electron chi connectivity index (χ3n) is 4.26. The van der Waals surface area contributed by atoms with Crippen LogP contribution in [0.25, 0.3) is 0 Å². The van der Waals surface area contributed by atoms with E-state index < -0.39 is 0 Å². The predicted molar refractivity (Wildman–Crippen MR) is 92.6 cm³/mol. The topological polar surface area (TPSA) is 61.9 Å². The molecule has 1 N–H and O–H groups in total. The van der Waals surface area contributed by atoms with Crippen LogP contribution in [0.5, 0.6) is 0 Å². The SMILES string of the molecule is CON1CCN(C(=O)CNC(=O)c2ccc(C(C)(C)C)cc2)CC1. The minimum Gasteiger partial charge on any atom is -0.343 e. The van der Waals surface area contributed by atoms with E-state index in [2.05, 4.69) is 26.1 Å². The molecule has 0 spiro atoms. The van der Waals surface area contributed by atoms with Crippen molar-refractivity contribution in [3.8, 4) is 0 Å². The lowest BCUT2D eigenvalue weighted by Gasteiger charge is -2.33. The molecular formula is C18H27N3O3. The van der Waals surface area contributed by atoms with Gasteiger partial charge in [0.05, 0.1) is 13.7 Å². The quantitative estimate of drug-likeness (QED) is 0.905. The van der Waals surface area contributed by atoms with Crippen molar-refractivity contribution in [3.05, 3.63) is 35.4 Å². The van der Waals surface area contributed by atoms with Crippen LogP contribution < -0.4 is 5.32 Å². The van der Waals surface area contributed by atoms with Gasteiger partial charge in [-0.15, -0.1) is 0 Å². The molecule has 1 saturated heterocycles. The second-order valence-corrected chi connectivity index (χ2v) is 7.00. The lowest BCUT2D eigenvalue weighted by molar-refractivity contribution is -0.160. The van der Waals surface area contributed by atoms with Gasteiger partial charge < -0.3 is 15.1 Å². The van der Waals surface area contributed by atoms with E-state index in [0.717, 1.165) is 0 Å². The van der Waals surface area contributed by atoms with Crippen LogP contribution in [-0.4, -0.2) is 61.6 Å². The number of rotatable bonds is 4. The van der Waals surface area contributed by atoms with Crippen LogP contribution in [0.4, 0.5) is 0 Å². The number of amides is 2. The average Bonchev–Trinajstić information content (AvgIpc) is 2.58. The fourth-order valence-electron chi connectivity index (χ4n) is 2.61. The zero-order valence-corrected chi connectivity index (χ0v) is 15.0. The first-order valence-corrected chi connectivity index (χ1v) is 8.27. The van der Waals surface area contributed by atoms with Gasteiger partial charge in [0, 0.05) is 31.7 Å². The highest BCUT2D eigenvalue weighted by molar-refractivity contribution is 5.96. The first-order chi connectivity index (χ1) is 11.3. The molecule has 1 aliphatic heterocycles. The predicted octanol–water partition coefficient (Wildman–Crippen LogP) is 1.42. The second kappa shape index (κ2) is 7.77. The Morgan fingerprint density at radius 3 is 2.17 bits per heavy atom. The molecule has 1 aromatic rings. The van der Waals surface area contributed by atoms with Crippen molar-refractivity contribution >= 4 is 11.8 Å². The van der Waals surface area contributed by atoms with Gasteiger partial charge in [-0.05, 0) is 23.1 Å². The van der Waals surface area contributed by atoms with E-state index in [1.807, 2.05) is 17.2 Å². The van der Waals surface area contributed by atoms with Crippen LogP contribution in [0.3, 0.4) is 0 Å². The maximum absolute atomic E-state index is 12.2. The molecule has 24 heavy (non-hydrogen) atoms. The molecule has 1 heterocycles. The average molecular weight is 333 g/mol. The second-order valence-electron chi connectivity index (χ2n) is 7.00. The molecule has 0 saturated carbocycles. The van der Waals surface area contributed by atoms with Crippen molar-refractivity contribution in [2.24, 2.45) is 0 Å². The Kier molecular flexibility index (Phi) is 5.96. The van der Waals surface area contributed by atoms with Gasteiger partial charge in [0.2, 0.25) is 5.91 Å². The largest absolute Gasteiger partial charge is 0.343 e. The van der Waals surface area contributed by atoms with Gasteiger partial charge in [-0.1, -0.05) is 32.9 Å². The molecular weight excluding hydrogens is 306 g/mol. The van der Waals surface area contributed by atoms with E-state index >= 15 is 0 Å². The number of nitrogens with one attached hydrogen (secondary N) is 1. The number of carbonyl (C=O) groups is 2. The molecule has 0 unspecified atom stereocenters. The van der Waals surface area contributed by atoms with Crippen LogP contribution in [0.15, 0.2) is 24.3 Å². The standard InChI is InChI=1S/C18H27N3O3/c1-18(2,3)15-7-5-14(6-8-15)17(23)19-13-16(22)20-9-11-21(24-4)12-10-20/h5-8H,9-13H2,1-4H3,(H,19,23). The Morgan fingerprint density at radius 2 is 1.67 bits per heavy atom. The summed E-state index contributed by atoms with van der Waals surface area (Å²) in [4.78, 5) is 31.2. The molecule has 1 fully saturated rings. The van der Waals surface area contributed by atoms with Crippen molar-refractivity contribution in [1.29, 1.82) is 0 Å². The van der Waals surface area contributed by atoms with E-state index in [1.165, 1.54) is 5.56 Å². The molecule has 0 radical (unpaired) electrons. The van der Waals surface area contributed by atoms with Crippen LogP contribution >= 0.6 is 0 Å². The van der Waals surface area contributed by atoms with Gasteiger partial charge in [0.15, 0.2) is 0 Å². The summed E-state index contributed by atoms with van der Waals surface area (Å²) in [5.74, 6) is -0.287. The number of hydrogen-bond acceptors (Lipinski definition) is 4. The van der Waals surface area contributed by atoms with Gasteiger partial charge in [-0.25, -0.2) is 0 Å². The minimum absolute atomic E-state index is 0.0207. The summed E-state index contributed by atoms with van der Waals surface area (Å²) in [6.45, 7) is 9.01. The molecule has 1 aliphatic rings. The molecule has 2 amide bonds. The smallest absolute Gasteiger partial charge is 0.251 e. The maximum atomic E-state index is 12.2. The number of hydroxylamine groups is 2. The van der Waals surface area contributed by atoms with Crippen molar-refractivity contribution < 1.29 is 14.4 Å². The molecule has 0 aromatic heterocycles. The summed E-state index contributed by atoms with van der Waals surface area (Å²) in [6.07, 6.45) is 0. The minimum atomic E-state index is -0.223. The summed E-state index contributed by atoms with van der Waals surface area (Å²) in [5, 5.41) is 4.52. The number of nitrogens with zero attached hydrogens (tertiary/aromatic N) is 2. The van der Waals surface area contributed by atoms with Crippen LogP contribution in [-0.2, 0) is 15.0 Å². The Hall–Kier alpha value is -1.92. The summed E-state index contributed by atoms with van der Waals surface area (Å²) >= 11 is 0. The summed E-state index contributed by atoms with van der Waals surface area (Å²) in [7, 11) is 1.63.